The molecule has 0 aliphatic rings. The van der Waals surface area contributed by atoms with Gasteiger partial charge in [0.1, 0.15) is 11.4 Å². The summed E-state index contributed by atoms with van der Waals surface area (Å²) in [5.74, 6) is 0.619. The maximum absolute atomic E-state index is 12.2. The van der Waals surface area contributed by atoms with E-state index in [0.717, 1.165) is 5.39 Å². The van der Waals surface area contributed by atoms with Crippen LogP contribution in [0.3, 0.4) is 0 Å². The predicted molar refractivity (Wildman–Crippen MR) is 95.0 cm³/mol. The number of pyridine rings is 1. The van der Waals surface area contributed by atoms with Gasteiger partial charge in [-0.2, -0.15) is 0 Å². The number of amides is 1. The Bertz CT molecular complexity index is 807. The summed E-state index contributed by atoms with van der Waals surface area (Å²) in [6, 6.07) is 8.56. The maximum atomic E-state index is 12.2. The molecule has 1 atom stereocenters. The number of hydrogen-bond acceptors (Lipinski definition) is 5. The van der Waals surface area contributed by atoms with E-state index in [0.29, 0.717) is 11.3 Å². The van der Waals surface area contributed by atoms with Gasteiger partial charge in [0, 0.05) is 18.7 Å². The standard InChI is InChI=1S/C18H24N2O5/c1-18(2,3)25-17(23)19-10-13(21)11-20-15-9-14(24-4)7-5-12(15)6-8-16(20)22/h5-9,13,21H,10-11H2,1-4H3,(H,19,23)/t13-/m1/s1. The van der Waals surface area contributed by atoms with Crippen LogP contribution in [0.25, 0.3) is 10.9 Å². The van der Waals surface area contributed by atoms with Crippen molar-refractivity contribution < 1.29 is 19.4 Å². The fourth-order valence-electron chi connectivity index (χ4n) is 2.37. The van der Waals surface area contributed by atoms with Crippen molar-refractivity contribution in [2.24, 2.45) is 0 Å². The third-order valence-electron chi connectivity index (χ3n) is 3.47. The molecule has 136 valence electrons. The highest BCUT2D eigenvalue weighted by atomic mass is 16.6. The second-order valence-corrected chi connectivity index (χ2v) is 6.74. The first-order chi connectivity index (χ1) is 11.7. The predicted octanol–water partition coefficient (Wildman–Crippen LogP) is 1.90. The van der Waals surface area contributed by atoms with Gasteiger partial charge in [0.15, 0.2) is 0 Å². The Morgan fingerprint density at radius 3 is 2.60 bits per heavy atom. The molecule has 0 aliphatic heterocycles. The number of aliphatic hydroxyl groups excluding tert-OH is 1. The van der Waals surface area contributed by atoms with Crippen LogP contribution in [0.4, 0.5) is 4.79 Å². The zero-order valence-corrected chi connectivity index (χ0v) is 14.9. The van der Waals surface area contributed by atoms with Crippen molar-refractivity contribution >= 4 is 17.0 Å². The molecule has 25 heavy (non-hydrogen) atoms. The summed E-state index contributed by atoms with van der Waals surface area (Å²) in [4.78, 5) is 23.8. The van der Waals surface area contributed by atoms with E-state index in [1.807, 2.05) is 6.07 Å². The monoisotopic (exact) mass is 348 g/mol. The van der Waals surface area contributed by atoms with E-state index < -0.39 is 17.8 Å². The lowest BCUT2D eigenvalue weighted by Gasteiger charge is -2.21. The average Bonchev–Trinajstić information content (AvgIpc) is 2.53. The Morgan fingerprint density at radius 1 is 1.28 bits per heavy atom. The molecule has 0 bridgehead atoms. The Morgan fingerprint density at radius 2 is 1.96 bits per heavy atom. The Balaban J connectivity index is 2.12. The average molecular weight is 348 g/mol. The van der Waals surface area contributed by atoms with Crippen LogP contribution < -0.4 is 15.6 Å². The van der Waals surface area contributed by atoms with E-state index in [2.05, 4.69) is 5.32 Å². The molecule has 0 saturated heterocycles. The third-order valence-corrected chi connectivity index (χ3v) is 3.47. The molecule has 1 aromatic heterocycles. The number of nitrogens with zero attached hydrogens (tertiary/aromatic N) is 1. The van der Waals surface area contributed by atoms with E-state index in [1.54, 1.807) is 46.1 Å². The van der Waals surface area contributed by atoms with E-state index in [-0.39, 0.29) is 18.6 Å². The number of aliphatic hydroxyl groups is 1. The number of aromatic nitrogens is 1. The van der Waals surface area contributed by atoms with Crippen LogP contribution in [0.5, 0.6) is 5.75 Å². The Kier molecular flexibility index (Phi) is 5.69. The van der Waals surface area contributed by atoms with Gasteiger partial charge in [-0.05, 0) is 44.4 Å². The van der Waals surface area contributed by atoms with E-state index >= 15 is 0 Å². The number of methoxy groups -OCH3 is 1. The molecule has 0 fully saturated rings. The largest absolute Gasteiger partial charge is 0.497 e. The van der Waals surface area contributed by atoms with Crippen LogP contribution in [0.1, 0.15) is 20.8 Å². The van der Waals surface area contributed by atoms with Gasteiger partial charge in [0.25, 0.3) is 5.56 Å². The molecule has 2 N–H and O–H groups in total. The van der Waals surface area contributed by atoms with E-state index in [4.69, 9.17) is 9.47 Å². The lowest BCUT2D eigenvalue weighted by atomic mass is 10.2. The van der Waals surface area contributed by atoms with Crippen molar-refractivity contribution in [3.63, 3.8) is 0 Å². The molecule has 0 radical (unpaired) electrons. The number of alkyl carbamates (subject to hydrolysis) is 1. The molecule has 7 nitrogen and oxygen atoms in total. The summed E-state index contributed by atoms with van der Waals surface area (Å²) in [6.45, 7) is 5.28. The van der Waals surface area contributed by atoms with Gasteiger partial charge in [0.05, 0.1) is 25.3 Å². The SMILES string of the molecule is COc1ccc2ccc(=O)n(C[C@H](O)CNC(=O)OC(C)(C)C)c2c1. The maximum Gasteiger partial charge on any atom is 0.407 e. The minimum atomic E-state index is -0.943. The van der Waals surface area contributed by atoms with Crippen LogP contribution in [0, 0.1) is 0 Å². The fourth-order valence-corrected chi connectivity index (χ4v) is 2.37. The fraction of sp³-hybridized carbons (Fsp3) is 0.444. The number of rotatable bonds is 5. The summed E-state index contributed by atoms with van der Waals surface area (Å²) in [5, 5.41) is 13.6. The summed E-state index contributed by atoms with van der Waals surface area (Å²) >= 11 is 0. The van der Waals surface area contributed by atoms with Crippen molar-refractivity contribution in [1.29, 1.82) is 0 Å². The number of fused-ring (bicyclic) bond motifs is 1. The molecule has 1 amide bonds. The number of benzene rings is 1. The van der Waals surface area contributed by atoms with Crippen LogP contribution in [0.15, 0.2) is 35.1 Å². The first-order valence-corrected chi connectivity index (χ1v) is 8.02. The molecule has 2 rings (SSSR count). The van der Waals surface area contributed by atoms with Crippen molar-refractivity contribution in [3.05, 3.63) is 40.7 Å². The molecule has 0 aliphatic carbocycles. The topological polar surface area (TPSA) is 89.8 Å². The molecule has 1 heterocycles. The highest BCUT2D eigenvalue weighted by molar-refractivity contribution is 5.80. The first kappa shape index (κ1) is 18.8. The minimum absolute atomic E-state index is 0.0261. The van der Waals surface area contributed by atoms with Crippen LogP contribution in [0.2, 0.25) is 0 Å². The number of carbonyl (C=O) groups excluding carboxylic acids is 1. The molecule has 7 heteroatoms. The minimum Gasteiger partial charge on any atom is -0.497 e. The highest BCUT2D eigenvalue weighted by Crippen LogP contribution is 2.19. The molecule has 0 unspecified atom stereocenters. The van der Waals surface area contributed by atoms with E-state index in [1.165, 1.54) is 10.6 Å². The van der Waals surface area contributed by atoms with Crippen LogP contribution in [-0.2, 0) is 11.3 Å². The van der Waals surface area contributed by atoms with Gasteiger partial charge in [0.2, 0.25) is 0 Å². The molecular weight excluding hydrogens is 324 g/mol. The van der Waals surface area contributed by atoms with Gasteiger partial charge in [-0.15, -0.1) is 0 Å². The number of nitrogens with one attached hydrogen (secondary N) is 1. The Hall–Kier alpha value is -2.54. The quantitative estimate of drug-likeness (QED) is 0.861. The summed E-state index contributed by atoms with van der Waals surface area (Å²) in [5.41, 5.74) is -0.196. The second-order valence-electron chi connectivity index (χ2n) is 6.74. The number of hydrogen-bond donors (Lipinski definition) is 2. The van der Waals surface area contributed by atoms with Crippen LogP contribution in [-0.4, -0.2) is 41.1 Å². The molecule has 2 aromatic rings. The number of carbonyl (C=O) groups is 1. The van der Waals surface area contributed by atoms with Gasteiger partial charge < -0.3 is 24.5 Å². The van der Waals surface area contributed by atoms with Crippen molar-refractivity contribution in [2.45, 2.75) is 39.0 Å². The van der Waals surface area contributed by atoms with Crippen LogP contribution >= 0.6 is 0 Å². The molecule has 0 spiro atoms. The molecule has 0 saturated carbocycles. The van der Waals surface area contributed by atoms with Gasteiger partial charge in [-0.25, -0.2) is 4.79 Å². The number of ether oxygens (including phenoxy) is 2. The third kappa shape index (κ3) is 5.22. The summed E-state index contributed by atoms with van der Waals surface area (Å²) in [7, 11) is 1.55. The van der Waals surface area contributed by atoms with Gasteiger partial charge in [-0.1, -0.05) is 0 Å². The molecular formula is C18H24N2O5. The lowest BCUT2D eigenvalue weighted by Crippen LogP contribution is -2.39. The lowest BCUT2D eigenvalue weighted by molar-refractivity contribution is 0.0485. The summed E-state index contributed by atoms with van der Waals surface area (Å²) < 4.78 is 11.8. The van der Waals surface area contributed by atoms with Crippen molar-refractivity contribution in [1.82, 2.24) is 9.88 Å². The smallest absolute Gasteiger partial charge is 0.407 e. The Labute approximate surface area is 146 Å². The zero-order chi connectivity index (χ0) is 18.6. The first-order valence-electron chi connectivity index (χ1n) is 8.02. The zero-order valence-electron chi connectivity index (χ0n) is 14.9. The second kappa shape index (κ2) is 7.57. The highest BCUT2D eigenvalue weighted by Gasteiger charge is 2.17. The van der Waals surface area contributed by atoms with Crippen molar-refractivity contribution in [3.8, 4) is 5.75 Å². The summed E-state index contributed by atoms with van der Waals surface area (Å²) in [6.07, 6.45) is -1.56. The normalized spacial score (nSPS) is 12.7. The molecule has 1 aromatic carbocycles. The van der Waals surface area contributed by atoms with Gasteiger partial charge >= 0.3 is 6.09 Å². The van der Waals surface area contributed by atoms with Gasteiger partial charge in [-0.3, -0.25) is 4.79 Å². The van der Waals surface area contributed by atoms with Crippen molar-refractivity contribution in [2.75, 3.05) is 13.7 Å². The van der Waals surface area contributed by atoms with E-state index in [9.17, 15) is 14.7 Å².